The molecule has 0 radical (unpaired) electrons. The summed E-state index contributed by atoms with van der Waals surface area (Å²) >= 11 is 0. The molecule has 0 saturated carbocycles. The van der Waals surface area contributed by atoms with Gasteiger partial charge in [-0.1, -0.05) is 13.0 Å². The van der Waals surface area contributed by atoms with Crippen molar-refractivity contribution in [2.45, 2.75) is 26.2 Å². The Balaban J connectivity index is 2.46. The average molecular weight is 206 g/mol. The largest absolute Gasteiger partial charge is 0.496 e. The molecule has 82 valence electrons. The Morgan fingerprint density at radius 3 is 2.33 bits per heavy atom. The van der Waals surface area contributed by atoms with Gasteiger partial charge in [0.1, 0.15) is 5.75 Å². The predicted molar refractivity (Wildman–Crippen MR) is 60.6 cm³/mol. The minimum Gasteiger partial charge on any atom is -0.496 e. The quantitative estimate of drug-likeness (QED) is 0.740. The molecule has 2 rings (SSSR count). The molecule has 1 aliphatic rings. The summed E-state index contributed by atoms with van der Waals surface area (Å²) in [6.07, 6.45) is 0. The van der Waals surface area contributed by atoms with Gasteiger partial charge < -0.3 is 9.47 Å². The van der Waals surface area contributed by atoms with E-state index in [2.05, 4.69) is 32.9 Å². The molecule has 0 aromatic heterocycles. The number of hydrogen-bond acceptors (Lipinski definition) is 2. The van der Waals surface area contributed by atoms with Crippen LogP contribution in [0.5, 0.6) is 5.75 Å². The monoisotopic (exact) mass is 206 g/mol. The van der Waals surface area contributed by atoms with Crippen molar-refractivity contribution in [3.8, 4) is 5.75 Å². The summed E-state index contributed by atoms with van der Waals surface area (Å²) in [4.78, 5) is 0. The molecule has 1 heterocycles. The van der Waals surface area contributed by atoms with E-state index < -0.39 is 0 Å². The summed E-state index contributed by atoms with van der Waals surface area (Å²) in [6.45, 7) is 8.20. The fourth-order valence-electron chi connectivity index (χ4n) is 2.23. The van der Waals surface area contributed by atoms with Crippen LogP contribution in [0.15, 0.2) is 12.1 Å². The molecule has 1 fully saturated rings. The maximum absolute atomic E-state index is 5.31. The third-order valence-corrected chi connectivity index (χ3v) is 3.45. The van der Waals surface area contributed by atoms with Crippen LogP contribution in [0.1, 0.15) is 23.6 Å². The van der Waals surface area contributed by atoms with E-state index in [-0.39, 0.29) is 5.41 Å². The van der Waals surface area contributed by atoms with Crippen LogP contribution in [0.3, 0.4) is 0 Å². The predicted octanol–water partition coefficient (Wildman–Crippen LogP) is 2.60. The highest BCUT2D eigenvalue weighted by atomic mass is 16.5. The smallest absolute Gasteiger partial charge is 0.122 e. The van der Waals surface area contributed by atoms with Gasteiger partial charge in [0.15, 0.2) is 0 Å². The van der Waals surface area contributed by atoms with Gasteiger partial charge >= 0.3 is 0 Å². The van der Waals surface area contributed by atoms with E-state index in [9.17, 15) is 0 Å². The molecule has 1 aromatic carbocycles. The van der Waals surface area contributed by atoms with Crippen molar-refractivity contribution >= 4 is 0 Å². The normalized spacial score (nSPS) is 18.4. The van der Waals surface area contributed by atoms with E-state index in [4.69, 9.17) is 9.47 Å². The highest BCUT2D eigenvalue weighted by molar-refractivity contribution is 5.47. The number of ether oxygens (including phenoxy) is 2. The molecule has 2 heteroatoms. The first kappa shape index (κ1) is 10.5. The van der Waals surface area contributed by atoms with Crippen LogP contribution < -0.4 is 4.74 Å². The molecular weight excluding hydrogens is 188 g/mol. The van der Waals surface area contributed by atoms with Crippen LogP contribution in [0.2, 0.25) is 0 Å². The molecular formula is C13H18O2. The Hall–Kier alpha value is -1.02. The second-order valence-electron chi connectivity index (χ2n) is 4.62. The van der Waals surface area contributed by atoms with Crippen LogP contribution in [0.25, 0.3) is 0 Å². The Kier molecular flexibility index (Phi) is 2.47. The van der Waals surface area contributed by atoms with Crippen molar-refractivity contribution in [3.63, 3.8) is 0 Å². The summed E-state index contributed by atoms with van der Waals surface area (Å²) in [5.74, 6) is 0.972. The molecule has 0 spiro atoms. The van der Waals surface area contributed by atoms with Gasteiger partial charge in [0.25, 0.3) is 0 Å². The fourth-order valence-corrected chi connectivity index (χ4v) is 2.23. The van der Waals surface area contributed by atoms with Crippen LogP contribution in [-0.2, 0) is 10.2 Å². The topological polar surface area (TPSA) is 18.5 Å². The van der Waals surface area contributed by atoms with Crippen molar-refractivity contribution in [3.05, 3.63) is 28.8 Å². The lowest BCUT2D eigenvalue weighted by Crippen LogP contribution is -2.44. The van der Waals surface area contributed by atoms with E-state index in [1.165, 1.54) is 16.7 Å². The summed E-state index contributed by atoms with van der Waals surface area (Å²) in [7, 11) is 1.72. The SMILES string of the molecule is COc1ccc(C2(C)COC2)c(C)c1C. The van der Waals surface area contributed by atoms with E-state index >= 15 is 0 Å². The summed E-state index contributed by atoms with van der Waals surface area (Å²) in [5, 5.41) is 0. The summed E-state index contributed by atoms with van der Waals surface area (Å²) in [6, 6.07) is 4.23. The van der Waals surface area contributed by atoms with Crippen molar-refractivity contribution in [2.75, 3.05) is 20.3 Å². The van der Waals surface area contributed by atoms with Crippen molar-refractivity contribution in [2.24, 2.45) is 0 Å². The van der Waals surface area contributed by atoms with E-state index in [1.807, 2.05) is 0 Å². The minimum absolute atomic E-state index is 0.209. The molecule has 1 aromatic rings. The number of benzene rings is 1. The standard InChI is InChI=1S/C13H18O2/c1-9-10(2)12(14-4)6-5-11(9)13(3)7-15-8-13/h5-6H,7-8H2,1-4H3. The average Bonchev–Trinajstić information content (AvgIpc) is 2.19. The highest BCUT2D eigenvalue weighted by Gasteiger charge is 2.36. The lowest BCUT2D eigenvalue weighted by molar-refractivity contribution is -0.0503. The zero-order valence-electron chi connectivity index (χ0n) is 9.89. The van der Waals surface area contributed by atoms with Gasteiger partial charge in [0.05, 0.1) is 20.3 Å². The van der Waals surface area contributed by atoms with Gasteiger partial charge in [0.2, 0.25) is 0 Å². The number of hydrogen-bond donors (Lipinski definition) is 0. The first-order chi connectivity index (χ1) is 7.08. The van der Waals surface area contributed by atoms with E-state index in [1.54, 1.807) is 7.11 Å². The molecule has 1 saturated heterocycles. The van der Waals surface area contributed by atoms with Gasteiger partial charge in [-0.05, 0) is 36.6 Å². The third kappa shape index (κ3) is 1.53. The Morgan fingerprint density at radius 1 is 1.20 bits per heavy atom. The second kappa shape index (κ2) is 3.53. The van der Waals surface area contributed by atoms with Gasteiger partial charge in [0, 0.05) is 5.41 Å². The number of rotatable bonds is 2. The molecule has 0 atom stereocenters. The van der Waals surface area contributed by atoms with Gasteiger partial charge in [-0.15, -0.1) is 0 Å². The Labute approximate surface area is 91.2 Å². The third-order valence-electron chi connectivity index (χ3n) is 3.45. The maximum atomic E-state index is 5.31. The fraction of sp³-hybridized carbons (Fsp3) is 0.538. The Bertz CT molecular complexity index is 378. The molecule has 0 N–H and O–H groups in total. The van der Waals surface area contributed by atoms with Gasteiger partial charge in [-0.2, -0.15) is 0 Å². The van der Waals surface area contributed by atoms with Crippen LogP contribution in [0.4, 0.5) is 0 Å². The maximum Gasteiger partial charge on any atom is 0.122 e. The lowest BCUT2D eigenvalue weighted by Gasteiger charge is -2.40. The van der Waals surface area contributed by atoms with Crippen LogP contribution in [0, 0.1) is 13.8 Å². The molecule has 15 heavy (non-hydrogen) atoms. The zero-order valence-corrected chi connectivity index (χ0v) is 9.89. The second-order valence-corrected chi connectivity index (χ2v) is 4.62. The van der Waals surface area contributed by atoms with Crippen molar-refractivity contribution in [1.82, 2.24) is 0 Å². The molecule has 2 nitrogen and oxygen atoms in total. The molecule has 0 unspecified atom stereocenters. The number of methoxy groups -OCH3 is 1. The van der Waals surface area contributed by atoms with Gasteiger partial charge in [-0.3, -0.25) is 0 Å². The molecule has 0 amide bonds. The highest BCUT2D eigenvalue weighted by Crippen LogP contribution is 2.36. The first-order valence-electron chi connectivity index (χ1n) is 5.31. The summed E-state index contributed by atoms with van der Waals surface area (Å²) in [5.41, 5.74) is 4.18. The van der Waals surface area contributed by atoms with Crippen molar-refractivity contribution in [1.29, 1.82) is 0 Å². The molecule has 1 aliphatic heterocycles. The minimum atomic E-state index is 0.209. The first-order valence-corrected chi connectivity index (χ1v) is 5.31. The van der Waals surface area contributed by atoms with E-state index in [0.717, 1.165) is 19.0 Å². The van der Waals surface area contributed by atoms with Crippen molar-refractivity contribution < 1.29 is 9.47 Å². The molecule has 0 bridgehead atoms. The lowest BCUT2D eigenvalue weighted by atomic mass is 9.77. The van der Waals surface area contributed by atoms with Crippen LogP contribution >= 0.6 is 0 Å². The molecule has 0 aliphatic carbocycles. The van der Waals surface area contributed by atoms with Gasteiger partial charge in [-0.25, -0.2) is 0 Å². The zero-order chi connectivity index (χ0) is 11.1. The Morgan fingerprint density at radius 2 is 1.87 bits per heavy atom. The van der Waals surface area contributed by atoms with E-state index in [0.29, 0.717) is 0 Å². The van der Waals surface area contributed by atoms with Crippen LogP contribution in [-0.4, -0.2) is 20.3 Å². The summed E-state index contributed by atoms with van der Waals surface area (Å²) < 4.78 is 10.6.